The molecule has 18 heavy (non-hydrogen) atoms. The summed E-state index contributed by atoms with van der Waals surface area (Å²) < 4.78 is 19.4. The molecule has 1 aromatic carbocycles. The number of rotatable bonds is 4. The SMILES string of the molecule is Cc1ccc(CN(C)Cc2cccc(F)c2Br)o1. The molecule has 1 aromatic heterocycles. The van der Waals surface area contributed by atoms with Crippen LogP contribution in [-0.2, 0) is 13.1 Å². The zero-order chi connectivity index (χ0) is 13.1. The van der Waals surface area contributed by atoms with Gasteiger partial charge in [-0.15, -0.1) is 0 Å². The summed E-state index contributed by atoms with van der Waals surface area (Å²) in [5.41, 5.74) is 0.931. The van der Waals surface area contributed by atoms with Crippen molar-refractivity contribution in [2.45, 2.75) is 20.0 Å². The van der Waals surface area contributed by atoms with Crippen LogP contribution in [0.15, 0.2) is 39.2 Å². The lowest BCUT2D eigenvalue weighted by molar-refractivity contribution is 0.284. The zero-order valence-corrected chi connectivity index (χ0v) is 12.0. The van der Waals surface area contributed by atoms with Gasteiger partial charge < -0.3 is 4.42 Å². The number of halogens is 2. The highest BCUT2D eigenvalue weighted by Crippen LogP contribution is 2.22. The second-order valence-electron chi connectivity index (χ2n) is 4.40. The zero-order valence-electron chi connectivity index (χ0n) is 10.4. The van der Waals surface area contributed by atoms with Gasteiger partial charge in [-0.05, 0) is 53.7 Å². The van der Waals surface area contributed by atoms with E-state index < -0.39 is 0 Å². The van der Waals surface area contributed by atoms with Crippen molar-refractivity contribution >= 4 is 15.9 Å². The van der Waals surface area contributed by atoms with Gasteiger partial charge in [0.15, 0.2) is 0 Å². The van der Waals surface area contributed by atoms with Crippen LogP contribution in [0.3, 0.4) is 0 Å². The average molecular weight is 312 g/mol. The molecule has 0 radical (unpaired) electrons. The molecule has 1 heterocycles. The van der Waals surface area contributed by atoms with Gasteiger partial charge in [0.05, 0.1) is 11.0 Å². The molecule has 0 atom stereocenters. The molecule has 0 aliphatic rings. The van der Waals surface area contributed by atoms with Crippen LogP contribution in [0.1, 0.15) is 17.1 Å². The number of benzene rings is 1. The largest absolute Gasteiger partial charge is 0.465 e. The van der Waals surface area contributed by atoms with Gasteiger partial charge in [-0.25, -0.2) is 4.39 Å². The van der Waals surface area contributed by atoms with Crippen LogP contribution in [0.4, 0.5) is 4.39 Å². The van der Waals surface area contributed by atoms with Crippen molar-refractivity contribution in [1.82, 2.24) is 4.90 Å². The molecular weight excluding hydrogens is 297 g/mol. The van der Waals surface area contributed by atoms with E-state index in [1.165, 1.54) is 6.07 Å². The predicted octanol–water partition coefficient (Wildman–Crippen LogP) is 4.12. The molecule has 2 aromatic rings. The van der Waals surface area contributed by atoms with Crippen LogP contribution < -0.4 is 0 Å². The van der Waals surface area contributed by atoms with Gasteiger partial charge in [0, 0.05) is 6.54 Å². The van der Waals surface area contributed by atoms with Crippen molar-refractivity contribution < 1.29 is 8.81 Å². The Balaban J connectivity index is 2.03. The van der Waals surface area contributed by atoms with Gasteiger partial charge in [-0.3, -0.25) is 4.90 Å². The number of nitrogens with zero attached hydrogens (tertiary/aromatic N) is 1. The smallest absolute Gasteiger partial charge is 0.137 e. The van der Waals surface area contributed by atoms with Gasteiger partial charge >= 0.3 is 0 Å². The summed E-state index contributed by atoms with van der Waals surface area (Å²) in [5.74, 6) is 1.60. The number of hydrogen-bond acceptors (Lipinski definition) is 2. The number of furan rings is 1. The molecule has 0 bridgehead atoms. The maximum atomic E-state index is 13.4. The highest BCUT2D eigenvalue weighted by atomic mass is 79.9. The molecule has 2 rings (SSSR count). The summed E-state index contributed by atoms with van der Waals surface area (Å²) in [5, 5.41) is 0. The fourth-order valence-electron chi connectivity index (χ4n) is 1.85. The Hall–Kier alpha value is -1.13. The molecule has 0 amide bonds. The molecule has 0 N–H and O–H groups in total. The highest BCUT2D eigenvalue weighted by Gasteiger charge is 2.09. The maximum Gasteiger partial charge on any atom is 0.137 e. The summed E-state index contributed by atoms with van der Waals surface area (Å²) in [7, 11) is 1.98. The fourth-order valence-corrected chi connectivity index (χ4v) is 2.24. The van der Waals surface area contributed by atoms with Gasteiger partial charge in [0.25, 0.3) is 0 Å². The second kappa shape index (κ2) is 5.67. The maximum absolute atomic E-state index is 13.4. The monoisotopic (exact) mass is 311 g/mol. The molecule has 0 aliphatic carbocycles. The van der Waals surface area contributed by atoms with Crippen molar-refractivity contribution in [1.29, 1.82) is 0 Å². The Bertz CT molecular complexity index is 538. The summed E-state index contributed by atoms with van der Waals surface area (Å²) >= 11 is 3.27. The predicted molar refractivity (Wildman–Crippen MR) is 72.7 cm³/mol. The Labute approximate surface area is 115 Å². The molecule has 0 aliphatic heterocycles. The minimum absolute atomic E-state index is 0.227. The highest BCUT2D eigenvalue weighted by molar-refractivity contribution is 9.10. The van der Waals surface area contributed by atoms with Gasteiger partial charge in [0.2, 0.25) is 0 Å². The Morgan fingerprint density at radius 2 is 2.00 bits per heavy atom. The van der Waals surface area contributed by atoms with Crippen LogP contribution in [0, 0.1) is 12.7 Å². The first-order chi connectivity index (χ1) is 8.56. The third kappa shape index (κ3) is 3.21. The second-order valence-corrected chi connectivity index (χ2v) is 5.19. The van der Waals surface area contributed by atoms with E-state index in [0.29, 0.717) is 17.6 Å². The van der Waals surface area contributed by atoms with E-state index in [0.717, 1.165) is 17.1 Å². The molecule has 0 unspecified atom stereocenters. The first kappa shape index (κ1) is 13.3. The van der Waals surface area contributed by atoms with Crippen LogP contribution in [-0.4, -0.2) is 11.9 Å². The third-order valence-electron chi connectivity index (χ3n) is 2.69. The summed E-state index contributed by atoms with van der Waals surface area (Å²) in [6, 6.07) is 8.99. The lowest BCUT2D eigenvalue weighted by atomic mass is 10.2. The average Bonchev–Trinajstić information content (AvgIpc) is 2.70. The third-order valence-corrected chi connectivity index (χ3v) is 3.58. The molecular formula is C14H15BrFNO. The van der Waals surface area contributed by atoms with E-state index in [9.17, 15) is 4.39 Å². The lowest BCUT2D eigenvalue weighted by Crippen LogP contribution is -2.17. The van der Waals surface area contributed by atoms with Crippen molar-refractivity contribution in [2.24, 2.45) is 0 Å². The van der Waals surface area contributed by atoms with Crippen molar-refractivity contribution in [2.75, 3.05) is 7.05 Å². The minimum atomic E-state index is -0.227. The van der Waals surface area contributed by atoms with Gasteiger partial charge in [-0.2, -0.15) is 0 Å². The molecule has 4 heteroatoms. The van der Waals surface area contributed by atoms with E-state index in [2.05, 4.69) is 20.8 Å². The molecule has 0 fully saturated rings. The number of hydrogen-bond donors (Lipinski definition) is 0. The van der Waals surface area contributed by atoms with E-state index in [1.54, 1.807) is 6.07 Å². The topological polar surface area (TPSA) is 16.4 Å². The first-order valence-corrected chi connectivity index (χ1v) is 6.52. The van der Waals surface area contributed by atoms with Crippen LogP contribution in [0.25, 0.3) is 0 Å². The molecule has 0 spiro atoms. The summed E-state index contributed by atoms with van der Waals surface area (Å²) in [4.78, 5) is 2.08. The van der Waals surface area contributed by atoms with E-state index in [1.807, 2.05) is 32.2 Å². The first-order valence-electron chi connectivity index (χ1n) is 5.73. The Morgan fingerprint density at radius 1 is 1.22 bits per heavy atom. The Kier molecular flexibility index (Phi) is 4.19. The van der Waals surface area contributed by atoms with Crippen molar-refractivity contribution in [3.8, 4) is 0 Å². The van der Waals surface area contributed by atoms with Crippen LogP contribution in [0.2, 0.25) is 0 Å². The molecule has 2 nitrogen and oxygen atoms in total. The van der Waals surface area contributed by atoms with Crippen LogP contribution >= 0.6 is 15.9 Å². The van der Waals surface area contributed by atoms with Crippen molar-refractivity contribution in [3.05, 3.63) is 57.7 Å². The Morgan fingerprint density at radius 3 is 2.67 bits per heavy atom. The molecule has 96 valence electrons. The minimum Gasteiger partial charge on any atom is -0.465 e. The van der Waals surface area contributed by atoms with E-state index in [4.69, 9.17) is 4.42 Å². The van der Waals surface area contributed by atoms with E-state index in [-0.39, 0.29) is 5.82 Å². The van der Waals surface area contributed by atoms with Crippen molar-refractivity contribution in [3.63, 3.8) is 0 Å². The van der Waals surface area contributed by atoms with Gasteiger partial charge in [0.1, 0.15) is 17.3 Å². The quantitative estimate of drug-likeness (QED) is 0.844. The van der Waals surface area contributed by atoms with E-state index >= 15 is 0 Å². The van der Waals surface area contributed by atoms with Gasteiger partial charge in [-0.1, -0.05) is 12.1 Å². The normalized spacial score (nSPS) is 11.2. The summed E-state index contributed by atoms with van der Waals surface area (Å²) in [6.45, 7) is 3.29. The standard InChI is InChI=1S/C14H15BrFNO/c1-10-6-7-12(18-10)9-17(2)8-11-4-3-5-13(16)14(11)15/h3-7H,8-9H2,1-2H3. The number of aryl methyl sites for hydroxylation is 1. The summed E-state index contributed by atoms with van der Waals surface area (Å²) in [6.07, 6.45) is 0. The molecule has 0 saturated heterocycles. The molecule has 0 saturated carbocycles. The lowest BCUT2D eigenvalue weighted by Gasteiger charge is -2.16. The fraction of sp³-hybridized carbons (Fsp3) is 0.286. The van der Waals surface area contributed by atoms with Crippen LogP contribution in [0.5, 0.6) is 0 Å².